The standard InChI is InChI=1S/C12H13N7/c1-6-8(4-14-7(2)17-6)10-9-11(13)15-5-16-12(9)19(3)18-10/h4-5H,1-3H3,(H2,13,15,16). The normalized spacial score (nSPS) is 11.1. The minimum absolute atomic E-state index is 0.410. The number of fused-ring (bicyclic) bond motifs is 1. The number of hydrogen-bond donors (Lipinski definition) is 1. The fourth-order valence-electron chi connectivity index (χ4n) is 2.11. The third-order valence-electron chi connectivity index (χ3n) is 3.00. The Kier molecular flexibility index (Phi) is 2.41. The molecule has 7 nitrogen and oxygen atoms in total. The molecule has 0 amide bonds. The van der Waals surface area contributed by atoms with Crippen molar-refractivity contribution in [2.45, 2.75) is 13.8 Å². The van der Waals surface area contributed by atoms with E-state index in [1.807, 2.05) is 20.9 Å². The third kappa shape index (κ3) is 1.70. The predicted molar refractivity (Wildman–Crippen MR) is 71.2 cm³/mol. The molecule has 0 aliphatic carbocycles. The summed E-state index contributed by atoms with van der Waals surface area (Å²) in [7, 11) is 1.82. The smallest absolute Gasteiger partial charge is 0.163 e. The monoisotopic (exact) mass is 255 g/mol. The van der Waals surface area contributed by atoms with Crippen molar-refractivity contribution in [3.05, 3.63) is 24.0 Å². The summed E-state index contributed by atoms with van der Waals surface area (Å²) < 4.78 is 1.68. The highest BCUT2D eigenvalue weighted by Gasteiger charge is 2.17. The maximum Gasteiger partial charge on any atom is 0.163 e. The lowest BCUT2D eigenvalue weighted by atomic mass is 10.1. The number of rotatable bonds is 1. The van der Waals surface area contributed by atoms with Crippen LogP contribution < -0.4 is 5.73 Å². The molecule has 3 heterocycles. The molecule has 3 aromatic heterocycles. The Morgan fingerprint density at radius 2 is 1.95 bits per heavy atom. The first kappa shape index (κ1) is 11.5. The Bertz CT molecular complexity index is 775. The molecule has 0 atom stereocenters. The van der Waals surface area contributed by atoms with Gasteiger partial charge < -0.3 is 5.73 Å². The summed E-state index contributed by atoms with van der Waals surface area (Å²) in [6.07, 6.45) is 3.19. The van der Waals surface area contributed by atoms with Crippen LogP contribution in [0.15, 0.2) is 12.5 Å². The molecule has 7 heteroatoms. The maximum absolute atomic E-state index is 5.94. The van der Waals surface area contributed by atoms with E-state index in [9.17, 15) is 0 Å². The van der Waals surface area contributed by atoms with Crippen molar-refractivity contribution >= 4 is 16.9 Å². The van der Waals surface area contributed by atoms with E-state index in [2.05, 4.69) is 25.0 Å². The maximum atomic E-state index is 5.94. The number of hydrogen-bond acceptors (Lipinski definition) is 6. The average molecular weight is 255 g/mol. The van der Waals surface area contributed by atoms with Gasteiger partial charge in [-0.25, -0.2) is 24.6 Å². The Morgan fingerprint density at radius 3 is 2.68 bits per heavy atom. The van der Waals surface area contributed by atoms with Crippen molar-refractivity contribution < 1.29 is 0 Å². The molecule has 0 aromatic carbocycles. The SMILES string of the molecule is Cc1ncc(-c2nn(C)c3ncnc(N)c23)c(C)n1. The van der Waals surface area contributed by atoms with Crippen LogP contribution in [0.1, 0.15) is 11.5 Å². The van der Waals surface area contributed by atoms with Gasteiger partial charge in [-0.05, 0) is 13.8 Å². The van der Waals surface area contributed by atoms with Crippen molar-refractivity contribution in [3.8, 4) is 11.3 Å². The summed E-state index contributed by atoms with van der Waals surface area (Å²) >= 11 is 0. The van der Waals surface area contributed by atoms with Crippen LogP contribution in [-0.2, 0) is 7.05 Å². The van der Waals surface area contributed by atoms with Gasteiger partial charge in [0.05, 0.1) is 11.1 Å². The lowest BCUT2D eigenvalue weighted by Crippen LogP contribution is -1.96. The first-order valence-corrected chi connectivity index (χ1v) is 5.81. The second-order valence-corrected chi connectivity index (χ2v) is 4.35. The van der Waals surface area contributed by atoms with Gasteiger partial charge in [-0.15, -0.1) is 0 Å². The van der Waals surface area contributed by atoms with Gasteiger partial charge in [-0.2, -0.15) is 5.10 Å². The van der Waals surface area contributed by atoms with Crippen LogP contribution in [0, 0.1) is 13.8 Å². The van der Waals surface area contributed by atoms with Crippen molar-refractivity contribution in [3.63, 3.8) is 0 Å². The fraction of sp³-hybridized carbons (Fsp3) is 0.250. The van der Waals surface area contributed by atoms with Crippen LogP contribution in [0.4, 0.5) is 5.82 Å². The lowest BCUT2D eigenvalue weighted by Gasteiger charge is -2.03. The molecular formula is C12H13N7. The summed E-state index contributed by atoms with van der Waals surface area (Å²) in [5, 5.41) is 5.20. The zero-order valence-electron chi connectivity index (χ0n) is 10.9. The zero-order valence-corrected chi connectivity index (χ0v) is 10.9. The molecule has 3 aromatic rings. The number of aryl methyl sites for hydroxylation is 3. The van der Waals surface area contributed by atoms with E-state index in [-0.39, 0.29) is 0 Å². The van der Waals surface area contributed by atoms with Crippen LogP contribution in [0.5, 0.6) is 0 Å². The highest BCUT2D eigenvalue weighted by molar-refractivity contribution is 5.98. The molecule has 0 unspecified atom stereocenters. The summed E-state index contributed by atoms with van der Waals surface area (Å²) in [4.78, 5) is 16.8. The molecule has 96 valence electrons. The van der Waals surface area contributed by atoms with E-state index in [1.54, 1.807) is 10.9 Å². The average Bonchev–Trinajstić information content (AvgIpc) is 2.68. The summed E-state index contributed by atoms with van der Waals surface area (Å²) in [6, 6.07) is 0. The zero-order chi connectivity index (χ0) is 13.6. The summed E-state index contributed by atoms with van der Waals surface area (Å²) in [6.45, 7) is 3.77. The van der Waals surface area contributed by atoms with Gasteiger partial charge in [-0.3, -0.25) is 0 Å². The van der Waals surface area contributed by atoms with Crippen LogP contribution in [0.2, 0.25) is 0 Å². The van der Waals surface area contributed by atoms with Crippen LogP contribution in [0.25, 0.3) is 22.3 Å². The lowest BCUT2D eigenvalue weighted by molar-refractivity contribution is 0.787. The van der Waals surface area contributed by atoms with Gasteiger partial charge in [-0.1, -0.05) is 0 Å². The molecule has 0 aliphatic rings. The Hall–Kier alpha value is -2.57. The van der Waals surface area contributed by atoms with E-state index < -0.39 is 0 Å². The molecule has 0 bridgehead atoms. The van der Waals surface area contributed by atoms with E-state index in [4.69, 9.17) is 5.73 Å². The topological polar surface area (TPSA) is 95.4 Å². The van der Waals surface area contributed by atoms with E-state index in [1.165, 1.54) is 6.33 Å². The van der Waals surface area contributed by atoms with E-state index >= 15 is 0 Å². The van der Waals surface area contributed by atoms with Gasteiger partial charge in [0.2, 0.25) is 0 Å². The second-order valence-electron chi connectivity index (χ2n) is 4.35. The molecule has 0 aliphatic heterocycles. The minimum Gasteiger partial charge on any atom is -0.383 e. The minimum atomic E-state index is 0.410. The van der Waals surface area contributed by atoms with Gasteiger partial charge >= 0.3 is 0 Å². The van der Waals surface area contributed by atoms with Gasteiger partial charge in [0.25, 0.3) is 0 Å². The molecule has 0 saturated carbocycles. The highest BCUT2D eigenvalue weighted by Crippen LogP contribution is 2.30. The highest BCUT2D eigenvalue weighted by atomic mass is 15.3. The molecule has 2 N–H and O–H groups in total. The van der Waals surface area contributed by atoms with Gasteiger partial charge in [0.15, 0.2) is 5.65 Å². The van der Waals surface area contributed by atoms with Crippen LogP contribution >= 0.6 is 0 Å². The van der Waals surface area contributed by atoms with E-state index in [0.29, 0.717) is 17.2 Å². The predicted octanol–water partition coefficient (Wildman–Crippen LogP) is 1.02. The van der Waals surface area contributed by atoms with Crippen molar-refractivity contribution in [2.24, 2.45) is 7.05 Å². The number of nitrogens with zero attached hydrogens (tertiary/aromatic N) is 6. The van der Waals surface area contributed by atoms with Gasteiger partial charge in [0.1, 0.15) is 23.7 Å². The van der Waals surface area contributed by atoms with Crippen LogP contribution in [0.3, 0.4) is 0 Å². The fourth-order valence-corrected chi connectivity index (χ4v) is 2.11. The van der Waals surface area contributed by atoms with Crippen molar-refractivity contribution in [2.75, 3.05) is 5.73 Å². The Morgan fingerprint density at radius 1 is 1.16 bits per heavy atom. The number of nitrogens with two attached hydrogens (primary N) is 1. The molecular weight excluding hydrogens is 242 g/mol. The van der Waals surface area contributed by atoms with Gasteiger partial charge in [0, 0.05) is 18.8 Å². The molecule has 3 rings (SSSR count). The summed E-state index contributed by atoms with van der Waals surface area (Å²) in [5.41, 5.74) is 9.06. The quantitative estimate of drug-likeness (QED) is 0.697. The largest absolute Gasteiger partial charge is 0.383 e. The molecule has 0 radical (unpaired) electrons. The second kappa shape index (κ2) is 3.98. The number of nitrogen functional groups attached to an aromatic ring is 1. The number of aromatic nitrogens is 6. The first-order valence-electron chi connectivity index (χ1n) is 5.81. The third-order valence-corrected chi connectivity index (χ3v) is 3.00. The Balaban J connectivity index is 2.37. The van der Waals surface area contributed by atoms with Crippen LogP contribution in [-0.4, -0.2) is 29.7 Å². The Labute approximate surface area is 109 Å². The molecule has 0 saturated heterocycles. The summed E-state index contributed by atoms with van der Waals surface area (Å²) in [5.74, 6) is 1.14. The first-order chi connectivity index (χ1) is 9.08. The van der Waals surface area contributed by atoms with Crippen molar-refractivity contribution in [1.82, 2.24) is 29.7 Å². The molecule has 19 heavy (non-hydrogen) atoms. The van der Waals surface area contributed by atoms with E-state index in [0.717, 1.165) is 22.5 Å². The molecule has 0 spiro atoms. The van der Waals surface area contributed by atoms with Crippen molar-refractivity contribution in [1.29, 1.82) is 0 Å². The number of anilines is 1. The molecule has 0 fully saturated rings.